The highest BCUT2D eigenvalue weighted by Crippen LogP contribution is 2.23. The molecule has 0 unspecified atom stereocenters. The summed E-state index contributed by atoms with van der Waals surface area (Å²) in [6.45, 7) is 6.12. The number of aryl methyl sites for hydroxylation is 2. The molecule has 0 aliphatic carbocycles. The maximum atomic E-state index is 12.5. The van der Waals surface area contributed by atoms with E-state index >= 15 is 0 Å². The summed E-state index contributed by atoms with van der Waals surface area (Å²) < 4.78 is 36.4. The van der Waals surface area contributed by atoms with E-state index in [2.05, 4.69) is 5.32 Å². The van der Waals surface area contributed by atoms with Crippen LogP contribution in [0.25, 0.3) is 0 Å². The molecule has 0 saturated heterocycles. The Morgan fingerprint density at radius 3 is 2.24 bits per heavy atom. The second-order valence-electron chi connectivity index (χ2n) is 6.82. The van der Waals surface area contributed by atoms with Crippen LogP contribution in [0.1, 0.15) is 18.1 Å². The van der Waals surface area contributed by atoms with Gasteiger partial charge in [0, 0.05) is 0 Å². The summed E-state index contributed by atoms with van der Waals surface area (Å²) in [6.07, 6.45) is 1.07. The van der Waals surface area contributed by atoms with E-state index in [0.717, 1.165) is 21.9 Å². The predicted octanol–water partition coefficient (Wildman–Crippen LogP) is 2.66. The van der Waals surface area contributed by atoms with Crippen LogP contribution in [0.3, 0.4) is 0 Å². The maximum Gasteiger partial charge on any atom is 0.243 e. The Balaban J connectivity index is 1.98. The van der Waals surface area contributed by atoms with Crippen molar-refractivity contribution in [1.29, 1.82) is 0 Å². The third-order valence-electron chi connectivity index (χ3n) is 4.56. The number of hydrogen-bond donors (Lipinski definition) is 1. The number of amides is 1. The number of nitrogens with zero attached hydrogens (tertiary/aromatic N) is 1. The van der Waals surface area contributed by atoms with Crippen LogP contribution in [0.2, 0.25) is 0 Å². The van der Waals surface area contributed by atoms with Gasteiger partial charge < -0.3 is 14.8 Å². The monoisotopic (exact) mass is 420 g/mol. The molecule has 0 bridgehead atoms. The summed E-state index contributed by atoms with van der Waals surface area (Å²) in [5.41, 5.74) is 2.70. The van der Waals surface area contributed by atoms with Crippen molar-refractivity contribution in [2.45, 2.75) is 26.8 Å². The Bertz CT molecular complexity index is 942. The quantitative estimate of drug-likeness (QED) is 0.631. The van der Waals surface area contributed by atoms with Gasteiger partial charge in [-0.1, -0.05) is 6.07 Å². The highest BCUT2D eigenvalue weighted by atomic mass is 32.2. The summed E-state index contributed by atoms with van der Waals surface area (Å²) >= 11 is 0. The minimum Gasteiger partial charge on any atom is -0.497 e. The first kappa shape index (κ1) is 22.5. The van der Waals surface area contributed by atoms with Gasteiger partial charge in [0.15, 0.2) is 0 Å². The van der Waals surface area contributed by atoms with Crippen molar-refractivity contribution in [1.82, 2.24) is 5.32 Å². The highest BCUT2D eigenvalue weighted by Gasteiger charge is 2.28. The van der Waals surface area contributed by atoms with Crippen molar-refractivity contribution < 1.29 is 22.7 Å². The molecule has 7 nitrogen and oxygen atoms in total. The Morgan fingerprint density at radius 1 is 1.07 bits per heavy atom. The standard InChI is InChI=1S/C21H28N2O5S/c1-15-6-9-20(14-16(15)2)28-13-12-22-21(24)17(3)23(29(5,25)26)18-7-10-19(27-4)11-8-18/h6-11,14,17H,12-13H2,1-5H3,(H,22,24)/t17-/m0/s1. The molecule has 0 aliphatic rings. The van der Waals surface area contributed by atoms with Gasteiger partial charge in [-0.05, 0) is 68.3 Å². The molecular weight excluding hydrogens is 392 g/mol. The molecule has 1 amide bonds. The smallest absolute Gasteiger partial charge is 0.243 e. The average Bonchev–Trinajstić information content (AvgIpc) is 2.67. The molecule has 0 saturated carbocycles. The van der Waals surface area contributed by atoms with Crippen molar-refractivity contribution >= 4 is 21.6 Å². The minimum absolute atomic E-state index is 0.260. The maximum absolute atomic E-state index is 12.5. The molecule has 0 fully saturated rings. The zero-order valence-corrected chi connectivity index (χ0v) is 18.2. The lowest BCUT2D eigenvalue weighted by atomic mass is 10.1. The van der Waals surface area contributed by atoms with Crippen molar-refractivity contribution in [2.75, 3.05) is 30.8 Å². The van der Waals surface area contributed by atoms with Gasteiger partial charge in [-0.25, -0.2) is 8.42 Å². The Kier molecular flexibility index (Phi) is 7.50. The molecule has 0 spiro atoms. The van der Waals surface area contributed by atoms with Crippen LogP contribution in [-0.4, -0.2) is 46.9 Å². The van der Waals surface area contributed by atoms with Crippen LogP contribution in [0.15, 0.2) is 42.5 Å². The van der Waals surface area contributed by atoms with Gasteiger partial charge in [0.1, 0.15) is 24.1 Å². The van der Waals surface area contributed by atoms with Crippen LogP contribution >= 0.6 is 0 Å². The van der Waals surface area contributed by atoms with Crippen LogP contribution in [0.5, 0.6) is 11.5 Å². The lowest BCUT2D eigenvalue weighted by Gasteiger charge is -2.28. The summed E-state index contributed by atoms with van der Waals surface area (Å²) in [4.78, 5) is 12.5. The number of anilines is 1. The molecule has 0 aromatic heterocycles. The number of carbonyl (C=O) groups excluding carboxylic acids is 1. The van der Waals surface area contributed by atoms with Gasteiger partial charge in [-0.15, -0.1) is 0 Å². The lowest BCUT2D eigenvalue weighted by Crippen LogP contribution is -2.48. The van der Waals surface area contributed by atoms with E-state index in [1.807, 2.05) is 32.0 Å². The normalized spacial score (nSPS) is 12.2. The number of sulfonamides is 1. The van der Waals surface area contributed by atoms with E-state index in [1.54, 1.807) is 31.2 Å². The summed E-state index contributed by atoms with van der Waals surface area (Å²) in [7, 11) is -2.14. The van der Waals surface area contributed by atoms with Gasteiger partial charge >= 0.3 is 0 Å². The fourth-order valence-electron chi connectivity index (χ4n) is 2.83. The SMILES string of the molecule is COc1ccc(N([C@@H](C)C(=O)NCCOc2ccc(C)c(C)c2)S(C)(=O)=O)cc1. The van der Waals surface area contributed by atoms with Crippen LogP contribution in [0.4, 0.5) is 5.69 Å². The average molecular weight is 421 g/mol. The minimum atomic E-state index is -3.66. The van der Waals surface area contributed by atoms with E-state index < -0.39 is 22.0 Å². The molecule has 0 aliphatic heterocycles. The molecule has 2 aromatic carbocycles. The van der Waals surface area contributed by atoms with E-state index in [9.17, 15) is 13.2 Å². The number of methoxy groups -OCH3 is 1. The Morgan fingerprint density at radius 2 is 1.69 bits per heavy atom. The molecule has 2 rings (SSSR count). The van der Waals surface area contributed by atoms with Gasteiger partial charge in [0.2, 0.25) is 15.9 Å². The number of carbonyl (C=O) groups is 1. The molecule has 0 radical (unpaired) electrons. The Hall–Kier alpha value is -2.74. The second kappa shape index (κ2) is 9.65. The lowest BCUT2D eigenvalue weighted by molar-refractivity contribution is -0.121. The molecular formula is C21H28N2O5S. The van der Waals surface area contributed by atoms with Crippen molar-refractivity contribution in [2.24, 2.45) is 0 Å². The number of ether oxygens (including phenoxy) is 2. The third-order valence-corrected chi connectivity index (χ3v) is 5.81. The topological polar surface area (TPSA) is 84.9 Å². The van der Waals surface area contributed by atoms with Gasteiger partial charge in [0.25, 0.3) is 0 Å². The summed E-state index contributed by atoms with van der Waals surface area (Å²) in [5, 5.41) is 2.73. The first-order valence-corrected chi connectivity index (χ1v) is 11.1. The highest BCUT2D eigenvalue weighted by molar-refractivity contribution is 7.92. The Labute approximate surface area is 172 Å². The zero-order valence-electron chi connectivity index (χ0n) is 17.4. The zero-order chi connectivity index (χ0) is 21.6. The van der Waals surface area contributed by atoms with Crippen molar-refractivity contribution in [3.05, 3.63) is 53.6 Å². The fraction of sp³-hybridized carbons (Fsp3) is 0.381. The van der Waals surface area contributed by atoms with Crippen molar-refractivity contribution in [3.8, 4) is 11.5 Å². The van der Waals surface area contributed by atoms with Crippen LogP contribution in [0, 0.1) is 13.8 Å². The van der Waals surface area contributed by atoms with Crippen LogP contribution < -0.4 is 19.1 Å². The number of benzene rings is 2. The molecule has 0 heterocycles. The van der Waals surface area contributed by atoms with E-state index in [-0.39, 0.29) is 13.2 Å². The predicted molar refractivity (Wildman–Crippen MR) is 114 cm³/mol. The summed E-state index contributed by atoms with van der Waals surface area (Å²) in [6, 6.07) is 11.4. The first-order chi connectivity index (χ1) is 13.6. The van der Waals surface area contributed by atoms with Gasteiger partial charge in [-0.2, -0.15) is 0 Å². The van der Waals surface area contributed by atoms with E-state index in [0.29, 0.717) is 11.4 Å². The molecule has 2 aromatic rings. The van der Waals surface area contributed by atoms with E-state index in [1.165, 1.54) is 12.7 Å². The van der Waals surface area contributed by atoms with Crippen LogP contribution in [-0.2, 0) is 14.8 Å². The van der Waals surface area contributed by atoms with Gasteiger partial charge in [-0.3, -0.25) is 9.10 Å². The second-order valence-corrected chi connectivity index (χ2v) is 8.68. The van der Waals surface area contributed by atoms with E-state index in [4.69, 9.17) is 9.47 Å². The molecule has 8 heteroatoms. The molecule has 1 N–H and O–H groups in total. The first-order valence-electron chi connectivity index (χ1n) is 9.24. The van der Waals surface area contributed by atoms with Gasteiger partial charge in [0.05, 0.1) is 25.6 Å². The molecule has 158 valence electrons. The number of rotatable bonds is 9. The molecule has 1 atom stereocenters. The third kappa shape index (κ3) is 6.12. The molecule has 29 heavy (non-hydrogen) atoms. The van der Waals surface area contributed by atoms with Crippen molar-refractivity contribution in [3.63, 3.8) is 0 Å². The number of hydrogen-bond acceptors (Lipinski definition) is 5. The largest absolute Gasteiger partial charge is 0.497 e. The fourth-order valence-corrected chi connectivity index (χ4v) is 4.01. The summed E-state index contributed by atoms with van der Waals surface area (Å²) in [5.74, 6) is 0.920. The number of nitrogens with one attached hydrogen (secondary N) is 1.